The Morgan fingerprint density at radius 2 is 2.03 bits per heavy atom. The van der Waals surface area contributed by atoms with E-state index in [1.165, 1.54) is 9.13 Å². The summed E-state index contributed by atoms with van der Waals surface area (Å²) in [6.45, 7) is 7.75. The van der Waals surface area contributed by atoms with E-state index in [1.807, 2.05) is 28.8 Å². The van der Waals surface area contributed by atoms with Crippen molar-refractivity contribution in [2.75, 3.05) is 18.0 Å². The van der Waals surface area contributed by atoms with Crippen LogP contribution < -0.4 is 21.9 Å². The number of anilines is 1. The minimum absolute atomic E-state index is 0.0371. The predicted molar refractivity (Wildman–Crippen MR) is 139 cm³/mol. The molecular formula is C26H29N7O2. The number of piperidine rings is 1. The normalized spacial score (nSPS) is 17.7. The van der Waals surface area contributed by atoms with Crippen LogP contribution in [0, 0.1) is 11.8 Å². The van der Waals surface area contributed by atoms with Crippen molar-refractivity contribution >= 4 is 34.1 Å². The Morgan fingerprint density at radius 3 is 2.80 bits per heavy atom. The first-order chi connectivity index (χ1) is 16.9. The molecule has 5 rings (SSSR count). The highest BCUT2D eigenvalue weighted by molar-refractivity contribution is 6.00. The highest BCUT2D eigenvalue weighted by Crippen LogP contribution is 2.32. The average Bonchev–Trinajstić information content (AvgIpc) is 3.24. The van der Waals surface area contributed by atoms with E-state index in [9.17, 15) is 9.59 Å². The first-order valence-electron chi connectivity index (χ1n) is 11.8. The number of aromatic nitrogens is 4. The quantitative estimate of drug-likeness (QED) is 0.587. The highest BCUT2D eigenvalue weighted by atomic mass is 16.2. The van der Waals surface area contributed by atoms with Gasteiger partial charge in [-0.1, -0.05) is 30.7 Å². The largest absolute Gasteiger partial charge is 0.341 e. The van der Waals surface area contributed by atoms with Crippen LogP contribution in [0.3, 0.4) is 0 Å². The maximum atomic E-state index is 13.8. The molecule has 35 heavy (non-hydrogen) atoms. The lowest BCUT2D eigenvalue weighted by Gasteiger charge is -2.31. The van der Waals surface area contributed by atoms with Crippen LogP contribution in [0.2, 0.25) is 0 Å². The molecule has 1 fully saturated rings. The molecule has 0 amide bonds. The first kappa shape index (κ1) is 22.9. The van der Waals surface area contributed by atoms with Crippen LogP contribution in [0.15, 0.2) is 45.4 Å². The lowest BCUT2D eigenvalue weighted by molar-refractivity contribution is 0.496. The molecule has 0 radical (unpaired) electrons. The van der Waals surface area contributed by atoms with Gasteiger partial charge in [0.15, 0.2) is 11.2 Å². The van der Waals surface area contributed by atoms with Gasteiger partial charge in [0.25, 0.3) is 5.56 Å². The number of para-hydroxylation sites is 1. The molecule has 2 aliphatic rings. The summed E-state index contributed by atoms with van der Waals surface area (Å²) in [5.74, 6) is 6.58. The molecular weight excluding hydrogens is 442 g/mol. The van der Waals surface area contributed by atoms with Crippen molar-refractivity contribution < 1.29 is 0 Å². The van der Waals surface area contributed by atoms with Crippen LogP contribution >= 0.6 is 0 Å². The molecule has 2 aromatic heterocycles. The Kier molecular flexibility index (Phi) is 5.91. The summed E-state index contributed by atoms with van der Waals surface area (Å²) in [5, 5.41) is 0. The number of rotatable bonds is 4. The Labute approximate surface area is 203 Å². The summed E-state index contributed by atoms with van der Waals surface area (Å²) in [6.07, 6.45) is 2.40. The molecule has 0 unspecified atom stereocenters. The number of benzene rings is 1. The summed E-state index contributed by atoms with van der Waals surface area (Å²) in [5.41, 5.74) is 9.54. The van der Waals surface area contributed by atoms with E-state index in [2.05, 4.69) is 23.3 Å². The minimum Gasteiger partial charge on any atom is -0.341 e. The van der Waals surface area contributed by atoms with Crippen molar-refractivity contribution in [3.05, 3.63) is 57.2 Å². The third-order valence-corrected chi connectivity index (χ3v) is 6.69. The fourth-order valence-corrected chi connectivity index (χ4v) is 4.94. The summed E-state index contributed by atoms with van der Waals surface area (Å²) in [6, 6.07) is 7.80. The van der Waals surface area contributed by atoms with Gasteiger partial charge in [-0.15, -0.1) is 5.92 Å². The number of allylic oxidation sites excluding steroid dienone is 1. The fraction of sp³-hybridized carbons (Fsp3) is 0.385. The number of hydrogen-bond acceptors (Lipinski definition) is 6. The fourth-order valence-electron chi connectivity index (χ4n) is 4.94. The maximum Gasteiger partial charge on any atom is 0.332 e. The molecule has 0 spiro atoms. The third kappa shape index (κ3) is 4.00. The SMILES string of the molecule is C=C1CC(Cn2c(=O)c3c(nc(N4CCC[C@@H](N)C4)n3CC#CC)n(C)c2=O)=Nc2ccccc21. The number of hydrogen-bond donors (Lipinski definition) is 1. The summed E-state index contributed by atoms with van der Waals surface area (Å²) in [4.78, 5) is 38.6. The van der Waals surface area contributed by atoms with Gasteiger partial charge in [-0.25, -0.2) is 4.79 Å². The summed E-state index contributed by atoms with van der Waals surface area (Å²) in [7, 11) is 1.64. The molecule has 9 nitrogen and oxygen atoms in total. The average molecular weight is 472 g/mol. The Bertz CT molecular complexity index is 1540. The van der Waals surface area contributed by atoms with Crippen LogP contribution in [0.4, 0.5) is 11.6 Å². The lowest BCUT2D eigenvalue weighted by Crippen LogP contribution is -2.44. The minimum atomic E-state index is -0.428. The van der Waals surface area contributed by atoms with Crippen molar-refractivity contribution in [2.24, 2.45) is 17.8 Å². The lowest BCUT2D eigenvalue weighted by atomic mass is 9.97. The van der Waals surface area contributed by atoms with Gasteiger partial charge in [-0.2, -0.15) is 4.98 Å². The summed E-state index contributed by atoms with van der Waals surface area (Å²) < 4.78 is 4.50. The van der Waals surface area contributed by atoms with E-state index in [-0.39, 0.29) is 12.6 Å². The van der Waals surface area contributed by atoms with Crippen LogP contribution in [0.1, 0.15) is 31.7 Å². The number of imidazole rings is 1. The molecule has 9 heteroatoms. The van der Waals surface area contributed by atoms with Crippen LogP contribution in [0.25, 0.3) is 16.7 Å². The molecule has 1 aromatic carbocycles. The zero-order valence-electron chi connectivity index (χ0n) is 20.1. The zero-order chi connectivity index (χ0) is 24.7. The molecule has 3 aromatic rings. The van der Waals surface area contributed by atoms with Crippen molar-refractivity contribution in [3.8, 4) is 11.8 Å². The van der Waals surface area contributed by atoms with Crippen molar-refractivity contribution in [3.63, 3.8) is 0 Å². The molecule has 2 aliphatic heterocycles. The van der Waals surface area contributed by atoms with Gasteiger partial charge in [0, 0.05) is 43.9 Å². The van der Waals surface area contributed by atoms with E-state index in [4.69, 9.17) is 15.7 Å². The molecule has 0 bridgehead atoms. The second-order valence-corrected chi connectivity index (χ2v) is 9.15. The smallest absolute Gasteiger partial charge is 0.332 e. The monoisotopic (exact) mass is 471 g/mol. The molecule has 1 atom stereocenters. The molecule has 0 saturated carbocycles. The van der Waals surface area contributed by atoms with Gasteiger partial charge in [0.05, 0.1) is 18.8 Å². The zero-order valence-corrected chi connectivity index (χ0v) is 20.1. The van der Waals surface area contributed by atoms with Gasteiger partial charge < -0.3 is 10.6 Å². The van der Waals surface area contributed by atoms with Gasteiger partial charge in [-0.05, 0) is 31.4 Å². The van der Waals surface area contributed by atoms with Gasteiger partial charge in [0.1, 0.15) is 0 Å². The Morgan fingerprint density at radius 1 is 1.23 bits per heavy atom. The number of nitrogens with two attached hydrogens (primary N) is 1. The van der Waals surface area contributed by atoms with E-state index in [1.54, 1.807) is 14.0 Å². The van der Waals surface area contributed by atoms with E-state index < -0.39 is 11.2 Å². The highest BCUT2D eigenvalue weighted by Gasteiger charge is 2.26. The van der Waals surface area contributed by atoms with Crippen molar-refractivity contribution in [1.82, 2.24) is 18.7 Å². The second-order valence-electron chi connectivity index (χ2n) is 9.15. The number of aryl methyl sites for hydroxylation is 1. The van der Waals surface area contributed by atoms with E-state index >= 15 is 0 Å². The number of nitrogens with zero attached hydrogens (tertiary/aromatic N) is 6. The molecule has 0 aliphatic carbocycles. The van der Waals surface area contributed by atoms with Crippen LogP contribution in [0.5, 0.6) is 0 Å². The first-order valence-corrected chi connectivity index (χ1v) is 11.8. The standard InChI is InChI=1S/C26H29N7O2/c1-4-5-13-32-22-23(29-25(32)31-12-8-9-18(27)15-31)30(3)26(35)33(24(22)34)16-19-14-17(2)20-10-6-7-11-21(20)28-19/h6-7,10-11,18H,2,8-9,12-16,27H2,1,3H3/t18-/m1/s1. The third-order valence-electron chi connectivity index (χ3n) is 6.69. The number of fused-ring (bicyclic) bond motifs is 2. The Balaban J connectivity index is 1.65. The van der Waals surface area contributed by atoms with Crippen LogP contribution in [-0.2, 0) is 20.1 Å². The molecule has 180 valence electrons. The van der Waals surface area contributed by atoms with Crippen LogP contribution in [-0.4, -0.2) is 43.5 Å². The van der Waals surface area contributed by atoms with Gasteiger partial charge in [0.2, 0.25) is 5.95 Å². The predicted octanol–water partition coefficient (Wildman–Crippen LogP) is 2.04. The summed E-state index contributed by atoms with van der Waals surface area (Å²) >= 11 is 0. The van der Waals surface area contributed by atoms with Crippen molar-refractivity contribution in [1.29, 1.82) is 0 Å². The second kappa shape index (κ2) is 9.04. The van der Waals surface area contributed by atoms with Crippen molar-refractivity contribution in [2.45, 2.75) is 45.3 Å². The van der Waals surface area contributed by atoms with Gasteiger partial charge in [-0.3, -0.25) is 23.5 Å². The maximum absolute atomic E-state index is 13.8. The number of aliphatic imine (C=N–C) groups is 1. The molecule has 1 saturated heterocycles. The molecule has 4 heterocycles. The molecule has 2 N–H and O–H groups in total. The Hall–Kier alpha value is -3.90. The topological polar surface area (TPSA) is 103 Å². The van der Waals surface area contributed by atoms with E-state index in [0.717, 1.165) is 36.2 Å². The van der Waals surface area contributed by atoms with E-state index in [0.29, 0.717) is 42.3 Å². The van der Waals surface area contributed by atoms with Gasteiger partial charge >= 0.3 is 5.69 Å².